The number of thiazole rings is 1. The highest BCUT2D eigenvalue weighted by molar-refractivity contribution is 9.10. The fraction of sp³-hybridized carbons (Fsp3) is 0.367. The maximum Gasteiger partial charge on any atom is 0.338 e. The van der Waals surface area contributed by atoms with Gasteiger partial charge in [0.2, 0.25) is 0 Å². The van der Waals surface area contributed by atoms with Crippen molar-refractivity contribution in [1.82, 2.24) is 4.57 Å². The first-order valence-corrected chi connectivity index (χ1v) is 15.4. The topological polar surface area (TPSA) is 126 Å². The first kappa shape index (κ1) is 30.5. The fourth-order valence-corrected chi connectivity index (χ4v) is 7.08. The van der Waals surface area contributed by atoms with E-state index in [1.807, 2.05) is 0 Å². The first-order valence-electron chi connectivity index (χ1n) is 13.8. The van der Waals surface area contributed by atoms with Gasteiger partial charge in [-0.1, -0.05) is 27.3 Å². The van der Waals surface area contributed by atoms with E-state index in [0.29, 0.717) is 42.1 Å². The zero-order chi connectivity index (χ0) is 30.8. The van der Waals surface area contributed by atoms with E-state index in [4.69, 9.17) is 14.2 Å². The summed E-state index contributed by atoms with van der Waals surface area (Å²) in [6, 6.07) is 7.29. The van der Waals surface area contributed by atoms with Crippen molar-refractivity contribution in [3.8, 4) is 11.5 Å². The molecule has 2 aliphatic rings. The molecule has 2 aliphatic heterocycles. The molecule has 0 spiro atoms. The van der Waals surface area contributed by atoms with E-state index >= 15 is 0 Å². The summed E-state index contributed by atoms with van der Waals surface area (Å²) in [5, 5.41) is 11.7. The number of allylic oxidation sites excluding steroid dienone is 1. The smallest absolute Gasteiger partial charge is 0.338 e. The molecule has 0 aliphatic carbocycles. The number of nitrogens with zero attached hydrogens (tertiary/aromatic N) is 4. The molecule has 1 aromatic heterocycles. The van der Waals surface area contributed by atoms with Gasteiger partial charge >= 0.3 is 5.97 Å². The SMILES string of the molecule is CCOC(=O)C1=C(C)N=c2sc(=Cc3cc([N+](=O)[O-])ccc3N3CCCCC3)c(=O)n2[C@@H]1c1cc(OC)c(OC)cc1Br. The van der Waals surface area contributed by atoms with Gasteiger partial charge in [-0.3, -0.25) is 19.5 Å². The van der Waals surface area contributed by atoms with Crippen LogP contribution >= 0.6 is 27.3 Å². The summed E-state index contributed by atoms with van der Waals surface area (Å²) in [5.41, 5.74) is 2.17. The van der Waals surface area contributed by atoms with Crippen molar-refractivity contribution in [2.45, 2.75) is 39.2 Å². The third-order valence-corrected chi connectivity index (χ3v) is 9.19. The van der Waals surface area contributed by atoms with Crippen molar-refractivity contribution < 1.29 is 23.9 Å². The van der Waals surface area contributed by atoms with Gasteiger partial charge in [0.25, 0.3) is 11.2 Å². The van der Waals surface area contributed by atoms with Gasteiger partial charge in [0.15, 0.2) is 16.3 Å². The van der Waals surface area contributed by atoms with Crippen LogP contribution in [0.25, 0.3) is 6.08 Å². The Morgan fingerprint density at radius 2 is 1.86 bits per heavy atom. The Kier molecular flexibility index (Phi) is 9.02. The summed E-state index contributed by atoms with van der Waals surface area (Å²) in [6.45, 7) is 5.22. The molecule has 226 valence electrons. The van der Waals surface area contributed by atoms with Gasteiger partial charge < -0.3 is 19.1 Å². The number of piperidine rings is 1. The zero-order valence-corrected chi connectivity index (χ0v) is 26.6. The summed E-state index contributed by atoms with van der Waals surface area (Å²) < 4.78 is 18.8. The quantitative estimate of drug-likeness (QED) is 0.195. The standard InChI is InChI=1S/C30H31BrN4O7S/c1-5-42-29(37)26-17(2)32-30-34(27(26)20-15-23(40-3)24(41-4)16-21(20)31)28(36)25(43-30)14-18-13-19(35(38)39)9-10-22(18)33-11-7-6-8-12-33/h9-10,13-16,27H,5-8,11-12H2,1-4H3/t27-/m1/s1. The van der Waals surface area contributed by atoms with Crippen molar-refractivity contribution in [3.63, 3.8) is 0 Å². The molecule has 1 atom stereocenters. The molecule has 0 amide bonds. The number of carbonyl (C=O) groups excluding carboxylic acids is 1. The van der Waals surface area contributed by atoms with Crippen molar-refractivity contribution in [1.29, 1.82) is 0 Å². The van der Waals surface area contributed by atoms with E-state index in [2.05, 4.69) is 25.8 Å². The minimum atomic E-state index is -0.890. The van der Waals surface area contributed by atoms with Gasteiger partial charge in [-0.05, 0) is 62.9 Å². The van der Waals surface area contributed by atoms with Crippen LogP contribution in [-0.2, 0) is 9.53 Å². The Labute approximate surface area is 260 Å². The molecule has 3 aromatic rings. The summed E-state index contributed by atoms with van der Waals surface area (Å²) in [4.78, 5) is 46.0. The number of esters is 1. The summed E-state index contributed by atoms with van der Waals surface area (Å²) in [6.07, 6.45) is 4.86. The molecular formula is C30H31BrN4O7S. The van der Waals surface area contributed by atoms with Crippen molar-refractivity contribution in [2.75, 3.05) is 38.8 Å². The fourth-order valence-electron chi connectivity index (χ4n) is 5.50. The molecule has 1 saturated heterocycles. The molecule has 0 saturated carbocycles. The van der Waals surface area contributed by atoms with Gasteiger partial charge in [-0.15, -0.1) is 0 Å². The van der Waals surface area contributed by atoms with E-state index in [1.54, 1.807) is 38.1 Å². The molecule has 43 heavy (non-hydrogen) atoms. The normalized spacial score (nSPS) is 16.9. The molecule has 0 N–H and O–H groups in total. The van der Waals surface area contributed by atoms with Crippen molar-refractivity contribution in [3.05, 3.63) is 87.0 Å². The van der Waals surface area contributed by atoms with Crippen LogP contribution in [0.5, 0.6) is 11.5 Å². The second-order valence-electron chi connectivity index (χ2n) is 10.1. The summed E-state index contributed by atoms with van der Waals surface area (Å²) in [5.74, 6) is 0.305. The Morgan fingerprint density at radius 3 is 2.51 bits per heavy atom. The number of methoxy groups -OCH3 is 2. The highest BCUT2D eigenvalue weighted by Gasteiger charge is 2.35. The minimum absolute atomic E-state index is 0.0626. The average Bonchev–Trinajstić information content (AvgIpc) is 3.30. The zero-order valence-electron chi connectivity index (χ0n) is 24.2. The number of carbonyl (C=O) groups is 1. The van der Waals surface area contributed by atoms with E-state index in [-0.39, 0.29) is 23.4 Å². The monoisotopic (exact) mass is 670 g/mol. The Bertz CT molecular complexity index is 1810. The highest BCUT2D eigenvalue weighted by atomic mass is 79.9. The van der Waals surface area contributed by atoms with E-state index in [9.17, 15) is 19.7 Å². The molecule has 5 rings (SSSR count). The Balaban J connectivity index is 1.76. The maximum absolute atomic E-state index is 14.2. The van der Waals surface area contributed by atoms with Crippen LogP contribution < -0.4 is 29.3 Å². The first-order chi connectivity index (χ1) is 20.7. The lowest BCUT2D eigenvalue weighted by molar-refractivity contribution is -0.384. The summed E-state index contributed by atoms with van der Waals surface area (Å²) >= 11 is 4.77. The summed E-state index contributed by atoms with van der Waals surface area (Å²) in [7, 11) is 3.03. The number of nitro benzene ring substituents is 1. The lowest BCUT2D eigenvalue weighted by Gasteiger charge is -2.30. The Hall–Kier alpha value is -3.97. The number of hydrogen-bond acceptors (Lipinski definition) is 10. The van der Waals surface area contributed by atoms with Crippen molar-refractivity contribution in [2.24, 2.45) is 4.99 Å². The molecule has 1 fully saturated rings. The molecule has 11 nitrogen and oxygen atoms in total. The lowest BCUT2D eigenvalue weighted by atomic mass is 9.95. The number of aromatic nitrogens is 1. The molecule has 0 radical (unpaired) electrons. The number of ether oxygens (including phenoxy) is 3. The molecule has 0 bridgehead atoms. The third kappa shape index (κ3) is 5.83. The number of nitro groups is 1. The number of non-ortho nitro benzene ring substituents is 1. The molecular weight excluding hydrogens is 640 g/mol. The second kappa shape index (κ2) is 12.7. The largest absolute Gasteiger partial charge is 0.493 e. The highest BCUT2D eigenvalue weighted by Crippen LogP contribution is 2.41. The van der Waals surface area contributed by atoms with Crippen LogP contribution in [0.3, 0.4) is 0 Å². The van der Waals surface area contributed by atoms with Gasteiger partial charge in [0, 0.05) is 40.9 Å². The lowest BCUT2D eigenvalue weighted by Crippen LogP contribution is -2.40. The van der Waals surface area contributed by atoms with Crippen LogP contribution in [0, 0.1) is 10.1 Å². The molecule has 2 aromatic carbocycles. The van der Waals surface area contributed by atoms with Crippen LogP contribution in [0.4, 0.5) is 11.4 Å². The van der Waals surface area contributed by atoms with Crippen LogP contribution in [0.15, 0.2) is 55.9 Å². The average molecular weight is 672 g/mol. The van der Waals surface area contributed by atoms with E-state index in [0.717, 1.165) is 49.4 Å². The molecule has 3 heterocycles. The number of fused-ring (bicyclic) bond motifs is 1. The second-order valence-corrected chi connectivity index (χ2v) is 11.9. The van der Waals surface area contributed by atoms with Gasteiger partial charge in [-0.25, -0.2) is 9.79 Å². The van der Waals surface area contributed by atoms with E-state index in [1.165, 1.54) is 30.9 Å². The Morgan fingerprint density at radius 1 is 1.16 bits per heavy atom. The minimum Gasteiger partial charge on any atom is -0.493 e. The van der Waals surface area contributed by atoms with E-state index < -0.39 is 16.9 Å². The van der Waals surface area contributed by atoms with Crippen molar-refractivity contribution >= 4 is 50.7 Å². The third-order valence-electron chi connectivity index (χ3n) is 7.52. The van der Waals surface area contributed by atoms with Crippen LogP contribution in [0.1, 0.15) is 50.3 Å². The molecule has 0 unspecified atom stereocenters. The molecule has 13 heteroatoms. The predicted molar refractivity (Wildman–Crippen MR) is 167 cm³/mol. The number of rotatable bonds is 8. The number of halogens is 1. The van der Waals surface area contributed by atoms with Crippen LogP contribution in [-0.4, -0.2) is 49.4 Å². The van der Waals surface area contributed by atoms with Crippen LogP contribution in [0.2, 0.25) is 0 Å². The van der Waals surface area contributed by atoms with Gasteiger partial charge in [-0.2, -0.15) is 0 Å². The predicted octanol–water partition coefficient (Wildman–Crippen LogP) is 4.48. The number of benzene rings is 2. The number of anilines is 1. The number of hydrogen-bond donors (Lipinski definition) is 0. The maximum atomic E-state index is 14.2. The van der Waals surface area contributed by atoms with Gasteiger partial charge in [0.05, 0.1) is 47.6 Å². The van der Waals surface area contributed by atoms with Gasteiger partial charge in [0.1, 0.15) is 0 Å².